The second kappa shape index (κ2) is 5.40. The lowest BCUT2D eigenvalue weighted by Crippen LogP contribution is -2.41. The van der Waals surface area contributed by atoms with Gasteiger partial charge in [0.2, 0.25) is 5.89 Å². The maximum absolute atomic E-state index is 5.42. The molecule has 0 amide bonds. The third-order valence-electron chi connectivity index (χ3n) is 3.13. The highest BCUT2D eigenvalue weighted by Gasteiger charge is 2.34. The van der Waals surface area contributed by atoms with Gasteiger partial charge in [-0.15, -0.1) is 0 Å². The van der Waals surface area contributed by atoms with Crippen LogP contribution in [-0.2, 0) is 11.2 Å². The molecular weight excluding hydrogens is 234 g/mol. The fraction of sp³-hybridized carbons (Fsp3) is 0.833. The molecule has 0 spiro atoms. The molecule has 1 unspecified atom stereocenters. The topological polar surface area (TPSA) is 51.0 Å². The number of thioether (sulfide) groups is 1. The molecule has 4 nitrogen and oxygen atoms in total. The predicted octanol–water partition coefficient (Wildman–Crippen LogP) is 2.35. The van der Waals surface area contributed by atoms with Crippen LogP contribution in [0.5, 0.6) is 0 Å². The van der Waals surface area contributed by atoms with Crippen molar-refractivity contribution in [1.29, 1.82) is 0 Å². The predicted molar refractivity (Wildman–Crippen MR) is 70.2 cm³/mol. The van der Waals surface area contributed by atoms with Crippen LogP contribution >= 0.6 is 11.8 Å². The summed E-state index contributed by atoms with van der Waals surface area (Å²) in [6.07, 6.45) is 2.30. The summed E-state index contributed by atoms with van der Waals surface area (Å²) in [7, 11) is 0. The number of hydrogen-bond donors (Lipinski definition) is 1. The van der Waals surface area contributed by atoms with Gasteiger partial charge in [0.05, 0.1) is 11.2 Å². The molecule has 1 N–H and O–H groups in total. The van der Waals surface area contributed by atoms with Crippen LogP contribution < -0.4 is 5.32 Å². The molecule has 1 saturated heterocycles. The van der Waals surface area contributed by atoms with Gasteiger partial charge in [0.25, 0.3) is 0 Å². The van der Waals surface area contributed by atoms with Gasteiger partial charge in [0, 0.05) is 6.54 Å². The van der Waals surface area contributed by atoms with Crippen molar-refractivity contribution >= 4 is 11.8 Å². The maximum atomic E-state index is 5.42. The summed E-state index contributed by atoms with van der Waals surface area (Å²) >= 11 is 1.84. The molecule has 5 heteroatoms. The molecule has 2 heterocycles. The summed E-state index contributed by atoms with van der Waals surface area (Å²) in [4.78, 5) is 4.54. The highest BCUT2D eigenvalue weighted by molar-refractivity contribution is 7.99. The highest BCUT2D eigenvalue weighted by Crippen LogP contribution is 2.29. The molecule has 96 valence electrons. The molecule has 1 aliphatic rings. The number of rotatable bonds is 4. The van der Waals surface area contributed by atoms with Gasteiger partial charge in [-0.05, 0) is 31.6 Å². The van der Waals surface area contributed by atoms with E-state index in [0.717, 1.165) is 37.0 Å². The van der Waals surface area contributed by atoms with Crippen molar-refractivity contribution in [2.24, 2.45) is 0 Å². The summed E-state index contributed by atoms with van der Waals surface area (Å²) in [6.45, 7) is 8.59. The first-order chi connectivity index (χ1) is 8.10. The Balaban J connectivity index is 2.01. The molecule has 0 aliphatic carbocycles. The minimum atomic E-state index is 0.0198. The van der Waals surface area contributed by atoms with E-state index in [-0.39, 0.29) is 5.41 Å². The van der Waals surface area contributed by atoms with Crippen molar-refractivity contribution in [3.05, 3.63) is 11.7 Å². The standard InChI is InChI=1S/C12H21N3OS/c1-9(2)17-7-10-14-11(16-15-10)12(3)5-4-6-13-8-12/h9,13H,4-8H2,1-3H3. The second-order valence-corrected chi connectivity index (χ2v) is 6.78. The molecule has 1 atom stereocenters. The fourth-order valence-corrected chi connectivity index (χ4v) is 2.64. The second-order valence-electron chi connectivity index (χ2n) is 5.22. The summed E-state index contributed by atoms with van der Waals surface area (Å²) in [6, 6.07) is 0. The van der Waals surface area contributed by atoms with Gasteiger partial charge in [-0.2, -0.15) is 16.7 Å². The molecule has 1 aromatic rings. The van der Waals surface area contributed by atoms with E-state index in [2.05, 4.69) is 36.2 Å². The Morgan fingerprint density at radius 2 is 2.35 bits per heavy atom. The van der Waals surface area contributed by atoms with Crippen LogP contribution in [0.15, 0.2) is 4.52 Å². The molecule has 1 aliphatic heterocycles. The summed E-state index contributed by atoms with van der Waals surface area (Å²) in [5, 5.41) is 8.07. The van der Waals surface area contributed by atoms with E-state index in [1.165, 1.54) is 6.42 Å². The number of piperidine rings is 1. The molecule has 0 radical (unpaired) electrons. The van der Waals surface area contributed by atoms with Gasteiger partial charge in [-0.1, -0.05) is 19.0 Å². The van der Waals surface area contributed by atoms with Crippen molar-refractivity contribution < 1.29 is 4.52 Å². The smallest absolute Gasteiger partial charge is 0.233 e. The summed E-state index contributed by atoms with van der Waals surface area (Å²) in [5.74, 6) is 2.46. The Hall–Kier alpha value is -0.550. The zero-order chi connectivity index (χ0) is 12.3. The van der Waals surface area contributed by atoms with Crippen molar-refractivity contribution in [1.82, 2.24) is 15.5 Å². The van der Waals surface area contributed by atoms with Crippen LogP contribution in [0.4, 0.5) is 0 Å². The van der Waals surface area contributed by atoms with Crippen molar-refractivity contribution in [2.75, 3.05) is 13.1 Å². The first-order valence-corrected chi connectivity index (χ1v) is 7.30. The van der Waals surface area contributed by atoms with Crippen LogP contribution in [0, 0.1) is 0 Å². The molecular formula is C12H21N3OS. The van der Waals surface area contributed by atoms with E-state index in [9.17, 15) is 0 Å². The number of hydrogen-bond acceptors (Lipinski definition) is 5. The largest absolute Gasteiger partial charge is 0.339 e. The van der Waals surface area contributed by atoms with Crippen LogP contribution in [0.25, 0.3) is 0 Å². The lowest BCUT2D eigenvalue weighted by atomic mass is 9.83. The Morgan fingerprint density at radius 1 is 1.53 bits per heavy atom. The third kappa shape index (κ3) is 3.22. The van der Waals surface area contributed by atoms with Gasteiger partial charge in [-0.3, -0.25) is 0 Å². The van der Waals surface area contributed by atoms with E-state index in [0.29, 0.717) is 5.25 Å². The molecule has 0 aromatic carbocycles. The minimum Gasteiger partial charge on any atom is -0.339 e. The molecule has 1 aromatic heterocycles. The lowest BCUT2D eigenvalue weighted by Gasteiger charge is -2.30. The highest BCUT2D eigenvalue weighted by atomic mass is 32.2. The van der Waals surface area contributed by atoms with Crippen LogP contribution in [-0.4, -0.2) is 28.5 Å². The zero-order valence-corrected chi connectivity index (χ0v) is 11.6. The van der Waals surface area contributed by atoms with Gasteiger partial charge in [0.15, 0.2) is 5.82 Å². The first kappa shape index (κ1) is 12.9. The summed E-state index contributed by atoms with van der Waals surface area (Å²) < 4.78 is 5.42. The third-order valence-corrected chi connectivity index (χ3v) is 4.22. The zero-order valence-electron chi connectivity index (χ0n) is 10.8. The van der Waals surface area contributed by atoms with Gasteiger partial charge in [0.1, 0.15) is 0 Å². The number of aromatic nitrogens is 2. The summed E-state index contributed by atoms with van der Waals surface area (Å²) in [5.41, 5.74) is 0.0198. The maximum Gasteiger partial charge on any atom is 0.233 e. The van der Waals surface area contributed by atoms with Crippen LogP contribution in [0.1, 0.15) is 45.3 Å². The fourth-order valence-electron chi connectivity index (χ4n) is 2.04. The van der Waals surface area contributed by atoms with Crippen molar-refractivity contribution in [3.63, 3.8) is 0 Å². The van der Waals surface area contributed by atoms with Crippen molar-refractivity contribution in [3.8, 4) is 0 Å². The minimum absolute atomic E-state index is 0.0198. The first-order valence-electron chi connectivity index (χ1n) is 6.25. The monoisotopic (exact) mass is 255 g/mol. The van der Waals surface area contributed by atoms with E-state index >= 15 is 0 Å². The van der Waals surface area contributed by atoms with Gasteiger partial charge < -0.3 is 9.84 Å². The number of nitrogens with one attached hydrogen (secondary N) is 1. The number of nitrogens with zero attached hydrogens (tertiary/aromatic N) is 2. The van der Waals surface area contributed by atoms with Crippen LogP contribution in [0.2, 0.25) is 0 Å². The van der Waals surface area contributed by atoms with Crippen molar-refractivity contribution in [2.45, 2.75) is 50.0 Å². The Morgan fingerprint density at radius 3 is 3.00 bits per heavy atom. The van der Waals surface area contributed by atoms with E-state index < -0.39 is 0 Å². The molecule has 0 bridgehead atoms. The van der Waals surface area contributed by atoms with E-state index in [1.54, 1.807) is 0 Å². The molecule has 0 saturated carbocycles. The lowest BCUT2D eigenvalue weighted by molar-refractivity contribution is 0.245. The molecule has 2 rings (SSSR count). The van der Waals surface area contributed by atoms with Gasteiger partial charge >= 0.3 is 0 Å². The Bertz CT molecular complexity index is 358. The normalized spacial score (nSPS) is 25.4. The average molecular weight is 255 g/mol. The van der Waals surface area contributed by atoms with E-state index in [1.807, 2.05) is 11.8 Å². The quantitative estimate of drug-likeness (QED) is 0.895. The Labute approximate surface area is 107 Å². The SMILES string of the molecule is CC(C)SCc1noc(C2(C)CCCNC2)n1. The molecule has 17 heavy (non-hydrogen) atoms. The van der Waals surface area contributed by atoms with Crippen LogP contribution in [0.3, 0.4) is 0 Å². The van der Waals surface area contributed by atoms with E-state index in [4.69, 9.17) is 4.52 Å². The average Bonchev–Trinajstić information content (AvgIpc) is 2.76. The molecule has 1 fully saturated rings. The van der Waals surface area contributed by atoms with Gasteiger partial charge in [-0.25, -0.2) is 0 Å². The Kier molecular flexibility index (Phi) is 4.09.